The van der Waals surface area contributed by atoms with Crippen LogP contribution in [0.1, 0.15) is 16.1 Å². The van der Waals surface area contributed by atoms with Gasteiger partial charge < -0.3 is 4.90 Å². The van der Waals surface area contributed by atoms with Crippen LogP contribution in [0.3, 0.4) is 0 Å². The van der Waals surface area contributed by atoms with Crippen molar-refractivity contribution in [3.63, 3.8) is 0 Å². The molecule has 1 aliphatic heterocycles. The average Bonchev–Trinajstić information content (AvgIpc) is 2.39. The minimum absolute atomic E-state index is 0.0529. The lowest BCUT2D eigenvalue weighted by Gasteiger charge is -2.33. The maximum Gasteiger partial charge on any atom is 0.254 e. The van der Waals surface area contributed by atoms with E-state index in [4.69, 9.17) is 5.26 Å². The SMILES string of the molecule is Cc1cc(C(=O)N2CCN(CC#N)CC2)ccn1. The van der Waals surface area contributed by atoms with Gasteiger partial charge in [0.25, 0.3) is 5.91 Å². The van der Waals surface area contributed by atoms with E-state index in [1.165, 1.54) is 0 Å². The Bertz CT molecular complexity index is 472. The maximum atomic E-state index is 12.2. The molecule has 0 bridgehead atoms. The van der Waals surface area contributed by atoms with Crippen molar-refractivity contribution >= 4 is 5.91 Å². The van der Waals surface area contributed by atoms with Crippen LogP contribution in [0, 0.1) is 18.3 Å². The van der Waals surface area contributed by atoms with Crippen LogP contribution in [0.2, 0.25) is 0 Å². The first-order chi connectivity index (χ1) is 8.70. The van der Waals surface area contributed by atoms with Crippen molar-refractivity contribution in [3.05, 3.63) is 29.6 Å². The van der Waals surface area contributed by atoms with Crippen LogP contribution in [-0.4, -0.2) is 53.4 Å². The average molecular weight is 244 g/mol. The molecule has 5 nitrogen and oxygen atoms in total. The molecule has 0 aliphatic carbocycles. The van der Waals surface area contributed by atoms with Crippen molar-refractivity contribution in [3.8, 4) is 6.07 Å². The Kier molecular flexibility index (Phi) is 3.90. The molecule has 0 atom stereocenters. The smallest absolute Gasteiger partial charge is 0.254 e. The molecule has 1 saturated heterocycles. The predicted molar refractivity (Wildman–Crippen MR) is 66.9 cm³/mol. The summed E-state index contributed by atoms with van der Waals surface area (Å²) in [7, 11) is 0. The van der Waals surface area contributed by atoms with E-state index in [1.54, 1.807) is 12.3 Å². The molecular formula is C13H16N4O. The van der Waals surface area contributed by atoms with Crippen LogP contribution in [0.5, 0.6) is 0 Å². The van der Waals surface area contributed by atoms with Crippen molar-refractivity contribution in [2.75, 3.05) is 32.7 Å². The van der Waals surface area contributed by atoms with E-state index in [2.05, 4.69) is 16.0 Å². The number of hydrogen-bond donors (Lipinski definition) is 0. The maximum absolute atomic E-state index is 12.2. The van der Waals surface area contributed by atoms with Crippen molar-refractivity contribution in [2.24, 2.45) is 0 Å². The highest BCUT2D eigenvalue weighted by Gasteiger charge is 2.21. The number of hydrogen-bond acceptors (Lipinski definition) is 4. The first kappa shape index (κ1) is 12.5. The first-order valence-electron chi connectivity index (χ1n) is 6.02. The van der Waals surface area contributed by atoms with Crippen LogP contribution >= 0.6 is 0 Å². The Labute approximate surface area is 107 Å². The number of carbonyl (C=O) groups excluding carboxylic acids is 1. The summed E-state index contributed by atoms with van der Waals surface area (Å²) in [5.41, 5.74) is 1.54. The zero-order valence-electron chi connectivity index (χ0n) is 10.5. The zero-order chi connectivity index (χ0) is 13.0. The van der Waals surface area contributed by atoms with Gasteiger partial charge in [-0.2, -0.15) is 5.26 Å². The molecule has 18 heavy (non-hydrogen) atoms. The fourth-order valence-corrected chi connectivity index (χ4v) is 2.07. The van der Waals surface area contributed by atoms with Gasteiger partial charge in [0.05, 0.1) is 12.6 Å². The normalized spacial score (nSPS) is 16.3. The molecule has 1 aromatic rings. The summed E-state index contributed by atoms with van der Waals surface area (Å²) in [6.07, 6.45) is 1.66. The molecule has 2 heterocycles. The molecule has 94 valence electrons. The van der Waals surface area contributed by atoms with Gasteiger partial charge in [0, 0.05) is 43.6 Å². The molecule has 1 amide bonds. The van der Waals surface area contributed by atoms with E-state index in [0.29, 0.717) is 25.2 Å². The summed E-state index contributed by atoms with van der Waals surface area (Å²) in [6.45, 7) is 5.22. The van der Waals surface area contributed by atoms with E-state index in [0.717, 1.165) is 18.8 Å². The summed E-state index contributed by atoms with van der Waals surface area (Å²) < 4.78 is 0. The molecule has 0 unspecified atom stereocenters. The number of nitriles is 1. The van der Waals surface area contributed by atoms with Crippen molar-refractivity contribution in [2.45, 2.75) is 6.92 Å². The summed E-state index contributed by atoms with van der Waals surface area (Å²) in [6, 6.07) is 5.69. The molecule has 0 N–H and O–H groups in total. The van der Waals surface area contributed by atoms with Gasteiger partial charge in [-0.25, -0.2) is 0 Å². The Hall–Kier alpha value is -1.93. The second-order valence-corrected chi connectivity index (χ2v) is 4.41. The molecular weight excluding hydrogens is 228 g/mol. The lowest BCUT2D eigenvalue weighted by Crippen LogP contribution is -2.48. The van der Waals surface area contributed by atoms with E-state index in [1.807, 2.05) is 17.9 Å². The van der Waals surface area contributed by atoms with Gasteiger partial charge in [-0.3, -0.25) is 14.7 Å². The lowest BCUT2D eigenvalue weighted by atomic mass is 10.2. The second-order valence-electron chi connectivity index (χ2n) is 4.41. The minimum Gasteiger partial charge on any atom is -0.336 e. The fourth-order valence-electron chi connectivity index (χ4n) is 2.07. The molecule has 1 aromatic heterocycles. The second kappa shape index (κ2) is 5.61. The Morgan fingerprint density at radius 1 is 1.44 bits per heavy atom. The lowest BCUT2D eigenvalue weighted by molar-refractivity contribution is 0.0651. The summed E-state index contributed by atoms with van der Waals surface area (Å²) in [5.74, 6) is 0.0529. The largest absolute Gasteiger partial charge is 0.336 e. The number of aryl methyl sites for hydroxylation is 1. The molecule has 0 spiro atoms. The minimum atomic E-state index is 0.0529. The van der Waals surface area contributed by atoms with Gasteiger partial charge in [-0.1, -0.05) is 0 Å². The van der Waals surface area contributed by atoms with E-state index < -0.39 is 0 Å². The number of pyridine rings is 1. The van der Waals surface area contributed by atoms with Gasteiger partial charge in [0.2, 0.25) is 0 Å². The quantitative estimate of drug-likeness (QED) is 0.717. The van der Waals surface area contributed by atoms with Crippen molar-refractivity contribution in [1.82, 2.24) is 14.8 Å². The van der Waals surface area contributed by atoms with Crippen LogP contribution in [0.4, 0.5) is 0 Å². The van der Waals surface area contributed by atoms with Gasteiger partial charge in [-0.05, 0) is 19.1 Å². The summed E-state index contributed by atoms with van der Waals surface area (Å²) >= 11 is 0. The molecule has 1 aliphatic rings. The first-order valence-corrected chi connectivity index (χ1v) is 6.02. The third-order valence-corrected chi connectivity index (χ3v) is 3.10. The van der Waals surface area contributed by atoms with Crippen LogP contribution in [-0.2, 0) is 0 Å². The number of aromatic nitrogens is 1. The number of piperazine rings is 1. The standard InChI is InChI=1S/C13H16N4O/c1-11-10-12(2-4-15-11)13(18)17-8-6-16(5-3-14)7-9-17/h2,4,10H,5-9H2,1H3. The predicted octanol–water partition coefficient (Wildman–Crippen LogP) is 0.671. The molecule has 2 rings (SSSR count). The molecule has 1 fully saturated rings. The van der Waals surface area contributed by atoms with Crippen molar-refractivity contribution in [1.29, 1.82) is 5.26 Å². The van der Waals surface area contributed by atoms with Gasteiger partial charge >= 0.3 is 0 Å². The Morgan fingerprint density at radius 2 is 2.17 bits per heavy atom. The number of amides is 1. The number of rotatable bonds is 2. The third-order valence-electron chi connectivity index (χ3n) is 3.10. The number of carbonyl (C=O) groups is 1. The monoisotopic (exact) mass is 244 g/mol. The molecule has 5 heteroatoms. The summed E-state index contributed by atoms with van der Waals surface area (Å²) in [5, 5.41) is 8.62. The summed E-state index contributed by atoms with van der Waals surface area (Å²) in [4.78, 5) is 20.2. The van der Waals surface area contributed by atoms with Crippen molar-refractivity contribution < 1.29 is 4.79 Å². The fraction of sp³-hybridized carbons (Fsp3) is 0.462. The molecule has 0 radical (unpaired) electrons. The van der Waals surface area contributed by atoms with Crippen LogP contribution in [0.25, 0.3) is 0 Å². The van der Waals surface area contributed by atoms with E-state index >= 15 is 0 Å². The highest BCUT2D eigenvalue weighted by atomic mass is 16.2. The van der Waals surface area contributed by atoms with E-state index in [9.17, 15) is 4.79 Å². The highest BCUT2D eigenvalue weighted by Crippen LogP contribution is 2.09. The molecule has 0 saturated carbocycles. The zero-order valence-corrected chi connectivity index (χ0v) is 10.5. The van der Waals surface area contributed by atoms with E-state index in [-0.39, 0.29) is 5.91 Å². The Morgan fingerprint density at radius 3 is 2.78 bits per heavy atom. The number of nitrogens with zero attached hydrogens (tertiary/aromatic N) is 4. The van der Waals surface area contributed by atoms with Crippen LogP contribution < -0.4 is 0 Å². The third kappa shape index (κ3) is 2.84. The highest BCUT2D eigenvalue weighted by molar-refractivity contribution is 5.94. The van der Waals surface area contributed by atoms with Gasteiger partial charge in [-0.15, -0.1) is 0 Å². The Balaban J connectivity index is 1.98. The van der Waals surface area contributed by atoms with Crippen LogP contribution in [0.15, 0.2) is 18.3 Å². The molecule has 0 aromatic carbocycles. The topological polar surface area (TPSA) is 60.2 Å². The van der Waals surface area contributed by atoms with Gasteiger partial charge in [0.1, 0.15) is 0 Å². The van der Waals surface area contributed by atoms with Gasteiger partial charge in [0.15, 0.2) is 0 Å².